The van der Waals surface area contributed by atoms with E-state index in [4.69, 9.17) is 11.5 Å². The van der Waals surface area contributed by atoms with Gasteiger partial charge in [-0.05, 0) is 23.3 Å². The topological polar surface area (TPSA) is 64.1 Å². The first-order chi connectivity index (χ1) is 8.27. The van der Waals surface area contributed by atoms with Crippen molar-refractivity contribution >= 4 is 11.3 Å². The second kappa shape index (κ2) is 12.6. The molecule has 0 aromatic heterocycles. The zero-order valence-corrected chi connectivity index (χ0v) is 11.7. The van der Waals surface area contributed by atoms with Crippen LogP contribution in [0.15, 0.2) is 30.5 Å². The summed E-state index contributed by atoms with van der Waals surface area (Å²) in [7, 11) is 1.85. The molecular formula is C14H27N3. The van der Waals surface area contributed by atoms with Gasteiger partial charge in [-0.2, -0.15) is 0 Å². The van der Waals surface area contributed by atoms with Gasteiger partial charge in [-0.1, -0.05) is 39.8 Å². The second-order valence-electron chi connectivity index (χ2n) is 2.78. The maximum atomic E-state index is 5.59. The molecule has 0 aliphatic heterocycles. The Morgan fingerprint density at radius 1 is 1.12 bits per heavy atom. The molecule has 1 aromatic carbocycles. The molecule has 3 heteroatoms. The van der Waals surface area contributed by atoms with Crippen LogP contribution < -0.4 is 16.8 Å². The van der Waals surface area contributed by atoms with E-state index in [-0.39, 0.29) is 0 Å². The van der Waals surface area contributed by atoms with E-state index in [2.05, 4.69) is 5.32 Å². The summed E-state index contributed by atoms with van der Waals surface area (Å²) >= 11 is 0. The Bertz CT molecular complexity index is 289. The number of nitrogens with one attached hydrogen (secondary N) is 1. The maximum Gasteiger partial charge on any atom is 0.0314 e. The normalized spacial score (nSPS) is 9.41. The van der Waals surface area contributed by atoms with Gasteiger partial charge in [0, 0.05) is 25.5 Å². The van der Waals surface area contributed by atoms with Crippen molar-refractivity contribution < 1.29 is 0 Å². The maximum absolute atomic E-state index is 5.59. The fourth-order valence-corrected chi connectivity index (χ4v) is 1.13. The molecule has 0 amide bonds. The molecule has 5 N–H and O–H groups in total. The van der Waals surface area contributed by atoms with Crippen LogP contribution in [0.3, 0.4) is 0 Å². The van der Waals surface area contributed by atoms with Crippen molar-refractivity contribution in [3.8, 4) is 0 Å². The first-order valence-electron chi connectivity index (χ1n) is 6.20. The third kappa shape index (κ3) is 7.41. The molecule has 0 aliphatic carbocycles. The zero-order valence-electron chi connectivity index (χ0n) is 11.7. The predicted molar refractivity (Wildman–Crippen MR) is 79.6 cm³/mol. The van der Waals surface area contributed by atoms with Crippen LogP contribution in [0.4, 0.5) is 5.69 Å². The van der Waals surface area contributed by atoms with Crippen molar-refractivity contribution in [2.75, 3.05) is 19.3 Å². The van der Waals surface area contributed by atoms with Crippen molar-refractivity contribution in [1.29, 1.82) is 0 Å². The van der Waals surface area contributed by atoms with Crippen molar-refractivity contribution in [3.63, 3.8) is 0 Å². The molecule has 0 saturated carbocycles. The van der Waals surface area contributed by atoms with Gasteiger partial charge in [0.1, 0.15) is 0 Å². The summed E-state index contributed by atoms with van der Waals surface area (Å²) in [6.45, 7) is 8.52. The molecule has 98 valence electrons. The van der Waals surface area contributed by atoms with Crippen LogP contribution in [-0.4, -0.2) is 13.6 Å². The molecule has 1 rings (SSSR count). The van der Waals surface area contributed by atoms with E-state index in [1.54, 1.807) is 0 Å². The third-order valence-electron chi connectivity index (χ3n) is 1.82. The Hall–Kier alpha value is -1.48. The Labute approximate surface area is 106 Å². The van der Waals surface area contributed by atoms with Crippen molar-refractivity contribution in [2.24, 2.45) is 5.73 Å². The van der Waals surface area contributed by atoms with Gasteiger partial charge < -0.3 is 16.8 Å². The summed E-state index contributed by atoms with van der Waals surface area (Å²) in [6, 6.07) is 7.67. The van der Waals surface area contributed by atoms with Crippen LogP contribution in [0.5, 0.6) is 0 Å². The Balaban J connectivity index is 0. The van der Waals surface area contributed by atoms with Gasteiger partial charge in [0.25, 0.3) is 0 Å². The molecule has 0 saturated heterocycles. The lowest BCUT2D eigenvalue weighted by Gasteiger charge is -2.04. The van der Waals surface area contributed by atoms with Crippen LogP contribution in [0, 0.1) is 0 Å². The van der Waals surface area contributed by atoms with Gasteiger partial charge in [0.05, 0.1) is 0 Å². The van der Waals surface area contributed by atoms with Gasteiger partial charge in [0.15, 0.2) is 0 Å². The van der Waals surface area contributed by atoms with Gasteiger partial charge in [0.2, 0.25) is 0 Å². The average Bonchev–Trinajstić information content (AvgIpc) is 2.42. The number of anilines is 1. The Morgan fingerprint density at radius 2 is 1.59 bits per heavy atom. The number of nitrogens with two attached hydrogens (primary N) is 2. The lowest BCUT2D eigenvalue weighted by molar-refractivity contribution is 1.09. The van der Waals surface area contributed by atoms with E-state index in [1.165, 1.54) is 0 Å². The summed E-state index contributed by atoms with van der Waals surface area (Å²) in [5.41, 5.74) is 14.1. The first kappa shape index (κ1) is 17.9. The lowest BCUT2D eigenvalue weighted by atomic mass is 10.1. The average molecular weight is 237 g/mol. The monoisotopic (exact) mass is 237 g/mol. The minimum Gasteiger partial charge on any atom is -0.399 e. The Kier molecular flexibility index (Phi) is 13.3. The van der Waals surface area contributed by atoms with Crippen LogP contribution in [-0.2, 0) is 0 Å². The van der Waals surface area contributed by atoms with Crippen molar-refractivity contribution in [1.82, 2.24) is 5.32 Å². The molecule has 0 bridgehead atoms. The van der Waals surface area contributed by atoms with Crippen LogP contribution >= 0.6 is 0 Å². The molecule has 0 fully saturated rings. The fourth-order valence-electron chi connectivity index (χ4n) is 1.13. The number of benzene rings is 1. The number of hydrogen-bond acceptors (Lipinski definition) is 3. The summed E-state index contributed by atoms with van der Waals surface area (Å²) in [4.78, 5) is 0. The standard InChI is InChI=1S/C10H15N3.2C2H6/c1-13-7-9(6-11)8-2-4-10(12)5-3-8;2*1-2/h2-5,7,13H,6,11-12H2,1H3;2*1-2H3/b9-7+;;. The number of nitrogen functional groups attached to an aromatic ring is 1. The highest BCUT2D eigenvalue weighted by atomic mass is 14.8. The highest BCUT2D eigenvalue weighted by Crippen LogP contribution is 2.13. The fraction of sp³-hybridized carbons (Fsp3) is 0.429. The van der Waals surface area contributed by atoms with Gasteiger partial charge in [-0.15, -0.1) is 0 Å². The van der Waals surface area contributed by atoms with Crippen molar-refractivity contribution in [2.45, 2.75) is 27.7 Å². The van der Waals surface area contributed by atoms with Gasteiger partial charge in [-0.25, -0.2) is 0 Å². The number of rotatable bonds is 3. The second-order valence-corrected chi connectivity index (χ2v) is 2.78. The van der Waals surface area contributed by atoms with Crippen LogP contribution in [0.25, 0.3) is 5.57 Å². The first-order valence-corrected chi connectivity index (χ1v) is 6.20. The van der Waals surface area contributed by atoms with Crippen molar-refractivity contribution in [3.05, 3.63) is 36.0 Å². The highest BCUT2D eigenvalue weighted by Gasteiger charge is 1.97. The smallest absolute Gasteiger partial charge is 0.0314 e. The zero-order chi connectivity index (χ0) is 13.7. The molecule has 0 atom stereocenters. The Morgan fingerprint density at radius 3 is 1.94 bits per heavy atom. The summed E-state index contributed by atoms with van der Waals surface area (Å²) in [5, 5.41) is 2.96. The molecular weight excluding hydrogens is 210 g/mol. The van der Waals surface area contributed by atoms with Gasteiger partial charge in [-0.3, -0.25) is 0 Å². The predicted octanol–water partition coefficient (Wildman–Crippen LogP) is 2.84. The summed E-state index contributed by atoms with van der Waals surface area (Å²) in [6.07, 6.45) is 1.89. The molecule has 0 aliphatic rings. The van der Waals surface area contributed by atoms with E-state index in [9.17, 15) is 0 Å². The third-order valence-corrected chi connectivity index (χ3v) is 1.82. The van der Waals surface area contributed by atoms with Crippen LogP contribution in [0.2, 0.25) is 0 Å². The lowest BCUT2D eigenvalue weighted by Crippen LogP contribution is -2.06. The molecule has 0 heterocycles. The molecule has 17 heavy (non-hydrogen) atoms. The minimum absolute atomic E-state index is 0.519. The van der Waals surface area contributed by atoms with E-state index < -0.39 is 0 Å². The quantitative estimate of drug-likeness (QED) is 0.708. The molecule has 1 aromatic rings. The van der Waals surface area contributed by atoms with E-state index in [1.807, 2.05) is 65.2 Å². The van der Waals surface area contributed by atoms with E-state index in [0.29, 0.717) is 6.54 Å². The van der Waals surface area contributed by atoms with E-state index in [0.717, 1.165) is 16.8 Å². The van der Waals surface area contributed by atoms with E-state index >= 15 is 0 Å². The minimum atomic E-state index is 0.519. The molecule has 3 nitrogen and oxygen atoms in total. The number of hydrogen-bond donors (Lipinski definition) is 3. The van der Waals surface area contributed by atoms with Gasteiger partial charge >= 0.3 is 0 Å². The van der Waals surface area contributed by atoms with Crippen LogP contribution in [0.1, 0.15) is 33.3 Å². The highest BCUT2D eigenvalue weighted by molar-refractivity contribution is 5.67. The summed E-state index contributed by atoms with van der Waals surface area (Å²) < 4.78 is 0. The molecule has 0 unspecified atom stereocenters. The summed E-state index contributed by atoms with van der Waals surface area (Å²) in [5.74, 6) is 0. The SMILES string of the molecule is CC.CC.CN/C=C(\CN)c1ccc(N)cc1. The molecule has 0 radical (unpaired) electrons. The largest absolute Gasteiger partial charge is 0.399 e. The molecule has 0 spiro atoms.